The predicted molar refractivity (Wildman–Crippen MR) is 64.8 cm³/mol. The largest absolute Gasteiger partial charge is 0.573 e. The highest BCUT2D eigenvalue weighted by atomic mass is 19.4. The van der Waals surface area contributed by atoms with Crippen molar-refractivity contribution < 1.29 is 22.7 Å². The maximum atomic E-state index is 12.0. The zero-order valence-electron chi connectivity index (χ0n) is 10.8. The van der Waals surface area contributed by atoms with Crippen molar-refractivity contribution >= 4 is 11.6 Å². The van der Waals surface area contributed by atoms with Crippen LogP contribution < -0.4 is 15.8 Å². The van der Waals surface area contributed by atoms with E-state index in [4.69, 9.17) is 5.73 Å². The smallest absolute Gasteiger partial charge is 0.404 e. The number of hydrogen-bond donors (Lipinski definition) is 2. The number of amides is 1. The maximum Gasteiger partial charge on any atom is 0.573 e. The van der Waals surface area contributed by atoms with E-state index in [0.29, 0.717) is 0 Å². The molecule has 1 rings (SSSR count). The monoisotopic (exact) mass is 276 g/mol. The molecule has 4 nitrogen and oxygen atoms in total. The molecule has 0 saturated heterocycles. The summed E-state index contributed by atoms with van der Waals surface area (Å²) in [7, 11) is 0. The Morgan fingerprint density at radius 2 is 1.84 bits per heavy atom. The summed E-state index contributed by atoms with van der Waals surface area (Å²) in [5.41, 5.74) is 4.89. The van der Waals surface area contributed by atoms with Gasteiger partial charge in [-0.1, -0.05) is 0 Å². The summed E-state index contributed by atoms with van der Waals surface area (Å²) in [5, 5.41) is 2.67. The molecule has 0 bridgehead atoms. The molecule has 0 unspecified atom stereocenters. The standard InChI is InChI=1S/C12H15F3N2O2/c1-11(2,3)17-10(18)7-4-5-9(8(16)6-7)19-12(13,14)15/h4-6H,16H2,1-3H3,(H,17,18). The summed E-state index contributed by atoms with van der Waals surface area (Å²) in [6.45, 7) is 5.36. The third kappa shape index (κ3) is 5.07. The van der Waals surface area contributed by atoms with E-state index in [1.54, 1.807) is 20.8 Å². The van der Waals surface area contributed by atoms with Crippen molar-refractivity contribution in [2.75, 3.05) is 5.73 Å². The van der Waals surface area contributed by atoms with Gasteiger partial charge in [0.2, 0.25) is 0 Å². The molecule has 7 heteroatoms. The molecule has 1 aromatic rings. The number of alkyl halides is 3. The summed E-state index contributed by atoms with van der Waals surface area (Å²) >= 11 is 0. The van der Waals surface area contributed by atoms with Gasteiger partial charge in [-0.2, -0.15) is 0 Å². The Kier molecular flexibility index (Phi) is 3.97. The molecule has 0 radical (unpaired) electrons. The van der Waals surface area contributed by atoms with Crippen LogP contribution in [-0.4, -0.2) is 17.8 Å². The SMILES string of the molecule is CC(C)(C)NC(=O)c1ccc(OC(F)(F)F)c(N)c1. The van der Waals surface area contributed by atoms with Crippen molar-refractivity contribution in [3.8, 4) is 5.75 Å². The van der Waals surface area contributed by atoms with Gasteiger partial charge in [-0.3, -0.25) is 4.79 Å². The molecule has 0 saturated carbocycles. The van der Waals surface area contributed by atoms with Crippen molar-refractivity contribution in [3.05, 3.63) is 23.8 Å². The second-order valence-corrected chi connectivity index (χ2v) is 5.00. The van der Waals surface area contributed by atoms with Crippen LogP contribution >= 0.6 is 0 Å². The second-order valence-electron chi connectivity index (χ2n) is 5.00. The van der Waals surface area contributed by atoms with Gasteiger partial charge in [-0.15, -0.1) is 13.2 Å². The molecular weight excluding hydrogens is 261 g/mol. The van der Waals surface area contributed by atoms with Gasteiger partial charge >= 0.3 is 6.36 Å². The van der Waals surface area contributed by atoms with E-state index in [9.17, 15) is 18.0 Å². The van der Waals surface area contributed by atoms with E-state index in [-0.39, 0.29) is 11.3 Å². The van der Waals surface area contributed by atoms with E-state index in [2.05, 4.69) is 10.1 Å². The van der Waals surface area contributed by atoms with Crippen molar-refractivity contribution in [1.29, 1.82) is 0 Å². The lowest BCUT2D eigenvalue weighted by Gasteiger charge is -2.20. The Morgan fingerprint density at radius 3 is 2.26 bits per heavy atom. The number of rotatable bonds is 2. The minimum Gasteiger partial charge on any atom is -0.404 e. The molecule has 0 aliphatic rings. The minimum absolute atomic E-state index is 0.168. The lowest BCUT2D eigenvalue weighted by Crippen LogP contribution is -2.40. The zero-order chi connectivity index (χ0) is 14.8. The molecule has 0 heterocycles. The van der Waals surface area contributed by atoms with Gasteiger partial charge in [0, 0.05) is 11.1 Å². The molecule has 1 amide bonds. The van der Waals surface area contributed by atoms with Crippen LogP contribution in [0.3, 0.4) is 0 Å². The highest BCUT2D eigenvalue weighted by Crippen LogP contribution is 2.29. The quantitative estimate of drug-likeness (QED) is 0.816. The normalized spacial score (nSPS) is 12.1. The summed E-state index contributed by atoms with van der Waals surface area (Å²) in [5.74, 6) is -0.947. The number of halogens is 3. The number of benzene rings is 1. The Hall–Kier alpha value is -1.92. The summed E-state index contributed by atoms with van der Waals surface area (Å²) in [6, 6.07) is 3.38. The first-order valence-electron chi connectivity index (χ1n) is 5.46. The van der Waals surface area contributed by atoms with Crippen LogP contribution in [0.15, 0.2) is 18.2 Å². The molecular formula is C12H15F3N2O2. The van der Waals surface area contributed by atoms with Crippen molar-refractivity contribution in [3.63, 3.8) is 0 Å². The zero-order valence-corrected chi connectivity index (χ0v) is 10.8. The lowest BCUT2D eigenvalue weighted by atomic mass is 10.1. The molecule has 0 aromatic heterocycles. The van der Waals surface area contributed by atoms with Gasteiger partial charge in [0.15, 0.2) is 5.75 Å². The molecule has 106 valence electrons. The van der Waals surface area contributed by atoms with Crippen LogP contribution in [0.2, 0.25) is 0 Å². The van der Waals surface area contributed by atoms with Crippen molar-refractivity contribution in [2.24, 2.45) is 0 Å². The first-order valence-corrected chi connectivity index (χ1v) is 5.46. The van der Waals surface area contributed by atoms with E-state index in [0.717, 1.165) is 12.1 Å². The predicted octanol–water partition coefficient (Wildman–Crippen LogP) is 2.70. The van der Waals surface area contributed by atoms with Gasteiger partial charge in [0.1, 0.15) is 0 Å². The molecule has 0 spiro atoms. The number of nitrogens with one attached hydrogen (secondary N) is 1. The number of hydrogen-bond acceptors (Lipinski definition) is 3. The van der Waals surface area contributed by atoms with E-state index < -0.39 is 23.6 Å². The topological polar surface area (TPSA) is 64.3 Å². The molecule has 3 N–H and O–H groups in total. The summed E-state index contributed by atoms with van der Waals surface area (Å²) < 4.78 is 39.8. The number of carbonyl (C=O) groups is 1. The van der Waals surface area contributed by atoms with Crippen molar-refractivity contribution in [1.82, 2.24) is 5.32 Å². The Morgan fingerprint density at radius 1 is 1.26 bits per heavy atom. The van der Waals surface area contributed by atoms with Crippen LogP contribution in [0.25, 0.3) is 0 Å². The van der Waals surface area contributed by atoms with Gasteiger partial charge in [0.25, 0.3) is 5.91 Å². The van der Waals surface area contributed by atoms with Gasteiger partial charge < -0.3 is 15.8 Å². The van der Waals surface area contributed by atoms with Gasteiger partial charge in [-0.05, 0) is 39.0 Å². The number of nitrogen functional groups attached to an aromatic ring is 1. The van der Waals surface area contributed by atoms with Crippen LogP contribution in [0.5, 0.6) is 5.75 Å². The fraction of sp³-hybridized carbons (Fsp3) is 0.417. The molecule has 1 aromatic carbocycles. The number of ether oxygens (including phenoxy) is 1. The van der Waals surface area contributed by atoms with E-state index >= 15 is 0 Å². The average molecular weight is 276 g/mol. The maximum absolute atomic E-state index is 12.0. The number of nitrogens with two attached hydrogens (primary N) is 1. The highest BCUT2D eigenvalue weighted by Gasteiger charge is 2.32. The Labute approximate surface area is 108 Å². The molecule has 0 fully saturated rings. The Balaban J connectivity index is 2.91. The van der Waals surface area contributed by atoms with Gasteiger partial charge in [-0.25, -0.2) is 0 Å². The molecule has 0 aliphatic heterocycles. The fourth-order valence-corrected chi connectivity index (χ4v) is 1.32. The highest BCUT2D eigenvalue weighted by molar-refractivity contribution is 5.95. The van der Waals surface area contributed by atoms with E-state index in [1.165, 1.54) is 6.07 Å². The molecule has 19 heavy (non-hydrogen) atoms. The Bertz CT molecular complexity index is 479. The van der Waals surface area contributed by atoms with Crippen molar-refractivity contribution in [2.45, 2.75) is 32.7 Å². The second kappa shape index (κ2) is 4.99. The third-order valence-electron chi connectivity index (χ3n) is 1.99. The minimum atomic E-state index is -4.82. The van der Waals surface area contributed by atoms with Crippen LogP contribution in [-0.2, 0) is 0 Å². The number of anilines is 1. The average Bonchev–Trinajstić information content (AvgIpc) is 2.16. The van der Waals surface area contributed by atoms with Crippen LogP contribution in [0.4, 0.5) is 18.9 Å². The van der Waals surface area contributed by atoms with Gasteiger partial charge in [0.05, 0.1) is 5.69 Å². The third-order valence-corrected chi connectivity index (χ3v) is 1.99. The molecule has 0 atom stereocenters. The summed E-state index contributed by atoms with van der Waals surface area (Å²) in [4.78, 5) is 11.8. The fourth-order valence-electron chi connectivity index (χ4n) is 1.32. The summed E-state index contributed by atoms with van der Waals surface area (Å²) in [6.07, 6.45) is -4.82. The number of carbonyl (C=O) groups excluding carboxylic acids is 1. The van der Waals surface area contributed by atoms with Crippen LogP contribution in [0, 0.1) is 0 Å². The van der Waals surface area contributed by atoms with E-state index in [1.807, 2.05) is 0 Å². The first-order chi connectivity index (χ1) is 8.48. The first kappa shape index (κ1) is 15.1. The lowest BCUT2D eigenvalue weighted by molar-refractivity contribution is -0.274. The molecule has 0 aliphatic carbocycles. The van der Waals surface area contributed by atoms with Crippen LogP contribution in [0.1, 0.15) is 31.1 Å².